The lowest BCUT2D eigenvalue weighted by Gasteiger charge is -2.17. The molecule has 0 unspecified atom stereocenters. The Morgan fingerprint density at radius 2 is 1.92 bits per heavy atom. The number of hydrogen-bond donors (Lipinski definition) is 1. The van der Waals surface area contributed by atoms with Crippen LogP contribution in [0.15, 0.2) is 11.1 Å². The predicted molar refractivity (Wildman–Crippen MR) is 93.9 cm³/mol. The van der Waals surface area contributed by atoms with Crippen molar-refractivity contribution in [2.45, 2.75) is 69.7 Å². The number of aromatic nitrogens is 4. The minimum Gasteiger partial charge on any atom is -0.268 e. The van der Waals surface area contributed by atoms with Gasteiger partial charge < -0.3 is 0 Å². The molecule has 0 aliphatic heterocycles. The van der Waals surface area contributed by atoms with Crippen molar-refractivity contribution >= 4 is 26.5 Å². The first-order chi connectivity index (χ1) is 11.2. The summed E-state index contributed by atoms with van der Waals surface area (Å²) in [5.41, 5.74) is 0.216. The quantitative estimate of drug-likeness (QED) is 0.893. The fourth-order valence-corrected chi connectivity index (χ4v) is 5.12. The van der Waals surface area contributed by atoms with Gasteiger partial charge >= 0.3 is 0 Å². The van der Waals surface area contributed by atoms with E-state index in [1.54, 1.807) is 13.1 Å². The predicted octanol–water partition coefficient (Wildman–Crippen LogP) is 3.26. The van der Waals surface area contributed by atoms with Crippen LogP contribution in [0.2, 0.25) is 0 Å². The average molecular weight is 370 g/mol. The van der Waals surface area contributed by atoms with E-state index >= 15 is 0 Å². The van der Waals surface area contributed by atoms with Crippen molar-refractivity contribution in [3.8, 4) is 0 Å². The number of nitrogens with zero attached hydrogens (tertiary/aromatic N) is 4. The van der Waals surface area contributed by atoms with Crippen LogP contribution in [-0.4, -0.2) is 28.4 Å². The monoisotopic (exact) mass is 369 g/mol. The van der Waals surface area contributed by atoms with Crippen molar-refractivity contribution in [1.82, 2.24) is 20.0 Å². The molecule has 2 heterocycles. The van der Waals surface area contributed by atoms with E-state index < -0.39 is 10.0 Å². The fraction of sp³-hybridized carbons (Fsp3) is 0.667. The molecule has 0 spiro atoms. The van der Waals surface area contributed by atoms with Gasteiger partial charge in [0.1, 0.15) is 9.90 Å². The number of nitrogens with one attached hydrogen (secondary N) is 1. The fourth-order valence-electron chi connectivity index (χ4n) is 2.95. The van der Waals surface area contributed by atoms with Crippen LogP contribution >= 0.6 is 11.3 Å². The Morgan fingerprint density at radius 3 is 2.46 bits per heavy atom. The van der Waals surface area contributed by atoms with Crippen LogP contribution in [0.25, 0.3) is 0 Å². The van der Waals surface area contributed by atoms with Gasteiger partial charge in [-0.05, 0) is 19.8 Å². The average Bonchev–Trinajstić information content (AvgIpc) is 3.15. The molecule has 0 radical (unpaired) electrons. The van der Waals surface area contributed by atoms with E-state index in [2.05, 4.69) is 20.0 Å². The van der Waals surface area contributed by atoms with Crippen molar-refractivity contribution in [1.29, 1.82) is 0 Å². The number of rotatable bonds is 4. The van der Waals surface area contributed by atoms with E-state index in [9.17, 15) is 8.42 Å². The van der Waals surface area contributed by atoms with E-state index in [0.717, 1.165) is 12.8 Å². The summed E-state index contributed by atoms with van der Waals surface area (Å²) in [4.78, 5) is 0.231. The minimum atomic E-state index is -3.75. The third-order valence-electron chi connectivity index (χ3n) is 4.14. The number of hydrogen-bond acceptors (Lipinski definition) is 6. The molecule has 7 nitrogen and oxygen atoms in total. The lowest BCUT2D eigenvalue weighted by Crippen LogP contribution is -2.20. The molecule has 0 saturated heterocycles. The molecule has 1 saturated carbocycles. The van der Waals surface area contributed by atoms with Crippen molar-refractivity contribution in [3.63, 3.8) is 0 Å². The van der Waals surface area contributed by atoms with Gasteiger partial charge in [0.2, 0.25) is 5.13 Å². The Bertz CT molecular complexity index is 826. The first kappa shape index (κ1) is 17.3. The molecule has 1 N–H and O–H groups in total. The third kappa shape index (κ3) is 3.46. The Kier molecular flexibility index (Phi) is 4.41. The zero-order valence-electron chi connectivity index (χ0n) is 14.4. The van der Waals surface area contributed by atoms with Gasteiger partial charge in [-0.25, -0.2) is 8.42 Å². The van der Waals surface area contributed by atoms with Gasteiger partial charge in [0, 0.05) is 11.6 Å². The maximum atomic E-state index is 12.9. The molecule has 3 rings (SSSR count). The Balaban J connectivity index is 2.01. The van der Waals surface area contributed by atoms with E-state index in [1.165, 1.54) is 24.2 Å². The molecule has 1 fully saturated rings. The molecule has 0 amide bonds. The molecule has 1 aliphatic rings. The molecule has 2 aromatic heterocycles. The topological polar surface area (TPSA) is 89.8 Å². The molecular weight excluding hydrogens is 346 g/mol. The molecular formula is C15H23N5O2S2. The molecule has 2 aromatic rings. The highest BCUT2D eigenvalue weighted by Crippen LogP contribution is 2.34. The molecule has 0 aromatic carbocycles. The van der Waals surface area contributed by atoms with E-state index in [1.807, 2.05) is 25.5 Å². The van der Waals surface area contributed by atoms with Crippen LogP contribution < -0.4 is 4.72 Å². The second-order valence-corrected chi connectivity index (χ2v) is 10.1. The summed E-state index contributed by atoms with van der Waals surface area (Å²) in [7, 11) is -3.75. The van der Waals surface area contributed by atoms with Crippen LogP contribution in [-0.2, 0) is 15.4 Å². The summed E-state index contributed by atoms with van der Waals surface area (Å²) in [6.45, 7) is 7.71. The highest BCUT2D eigenvalue weighted by molar-refractivity contribution is 7.93. The lowest BCUT2D eigenvalue weighted by molar-refractivity contribution is 0.448. The molecule has 24 heavy (non-hydrogen) atoms. The standard InChI is InChI=1S/C15H23N5O2S2/c1-10-16-17-14(23-10)19-24(21,22)12-9-20(11-7-5-6-8-11)18-13(12)15(2,3)4/h9,11H,5-8H2,1-4H3,(H,17,19). The first-order valence-electron chi connectivity index (χ1n) is 8.09. The second kappa shape index (κ2) is 6.11. The Morgan fingerprint density at radius 1 is 1.25 bits per heavy atom. The number of anilines is 1. The van der Waals surface area contributed by atoms with Gasteiger partial charge in [-0.15, -0.1) is 10.2 Å². The van der Waals surface area contributed by atoms with Crippen LogP contribution in [0.4, 0.5) is 5.13 Å². The summed E-state index contributed by atoms with van der Waals surface area (Å²) in [6, 6.07) is 0.291. The Labute approximate surface area is 146 Å². The van der Waals surface area contributed by atoms with E-state index in [-0.39, 0.29) is 15.4 Å². The molecule has 9 heteroatoms. The number of sulfonamides is 1. The van der Waals surface area contributed by atoms with Crippen LogP contribution in [0.5, 0.6) is 0 Å². The molecule has 1 aliphatic carbocycles. The normalized spacial score (nSPS) is 16.7. The molecule has 0 atom stereocenters. The van der Waals surface area contributed by atoms with Gasteiger partial charge in [-0.2, -0.15) is 5.10 Å². The van der Waals surface area contributed by atoms with Crippen molar-refractivity contribution in [2.24, 2.45) is 0 Å². The third-order valence-corrected chi connectivity index (χ3v) is 6.37. The zero-order chi connectivity index (χ0) is 17.5. The van der Waals surface area contributed by atoms with E-state index in [4.69, 9.17) is 0 Å². The van der Waals surface area contributed by atoms with Gasteiger partial charge in [-0.3, -0.25) is 9.40 Å². The summed E-state index contributed by atoms with van der Waals surface area (Å²) in [6.07, 6.45) is 6.11. The SMILES string of the molecule is Cc1nnc(NS(=O)(=O)c2cn(C3CCCC3)nc2C(C)(C)C)s1. The smallest absolute Gasteiger partial charge is 0.267 e. The van der Waals surface area contributed by atoms with Crippen molar-refractivity contribution < 1.29 is 8.42 Å². The highest BCUT2D eigenvalue weighted by Gasteiger charge is 2.32. The van der Waals surface area contributed by atoms with Crippen molar-refractivity contribution in [3.05, 3.63) is 16.9 Å². The maximum Gasteiger partial charge on any atom is 0.267 e. The molecule has 0 bridgehead atoms. The zero-order valence-corrected chi connectivity index (χ0v) is 16.0. The van der Waals surface area contributed by atoms with E-state index in [0.29, 0.717) is 16.7 Å². The highest BCUT2D eigenvalue weighted by atomic mass is 32.2. The maximum absolute atomic E-state index is 12.9. The second-order valence-electron chi connectivity index (χ2n) is 7.24. The summed E-state index contributed by atoms with van der Waals surface area (Å²) in [5.74, 6) is 0. The van der Waals surface area contributed by atoms with Crippen LogP contribution in [0, 0.1) is 6.92 Å². The van der Waals surface area contributed by atoms with Crippen LogP contribution in [0.1, 0.15) is 63.2 Å². The minimum absolute atomic E-state index is 0.231. The van der Waals surface area contributed by atoms with Gasteiger partial charge in [0.25, 0.3) is 10.0 Å². The largest absolute Gasteiger partial charge is 0.268 e. The van der Waals surface area contributed by atoms with Gasteiger partial charge in [0.15, 0.2) is 0 Å². The first-order valence-corrected chi connectivity index (χ1v) is 10.4. The Hall–Kier alpha value is -1.48. The van der Waals surface area contributed by atoms with Crippen LogP contribution in [0.3, 0.4) is 0 Å². The summed E-state index contributed by atoms with van der Waals surface area (Å²) < 4.78 is 30.1. The van der Waals surface area contributed by atoms with Gasteiger partial charge in [0.05, 0.1) is 11.7 Å². The summed E-state index contributed by atoms with van der Waals surface area (Å²) >= 11 is 1.22. The lowest BCUT2D eigenvalue weighted by atomic mass is 9.92. The molecule has 132 valence electrons. The van der Waals surface area contributed by atoms with Crippen molar-refractivity contribution in [2.75, 3.05) is 4.72 Å². The van der Waals surface area contributed by atoms with Gasteiger partial charge in [-0.1, -0.05) is 44.9 Å². The number of aryl methyl sites for hydroxylation is 1. The summed E-state index contributed by atoms with van der Waals surface area (Å²) in [5, 5.41) is 13.3.